The van der Waals surface area contributed by atoms with Crippen molar-refractivity contribution in [3.63, 3.8) is 0 Å². The molecule has 0 amide bonds. The van der Waals surface area contributed by atoms with E-state index in [1.165, 1.54) is 12.1 Å². The van der Waals surface area contributed by atoms with Crippen LogP contribution >= 0.6 is 11.3 Å². The minimum Gasteiger partial charge on any atom is -0.493 e. The number of thiophene rings is 1. The van der Waals surface area contributed by atoms with Gasteiger partial charge in [0.15, 0.2) is 0 Å². The van der Waals surface area contributed by atoms with E-state index in [2.05, 4.69) is 15.5 Å². The van der Waals surface area contributed by atoms with Gasteiger partial charge in [0.1, 0.15) is 17.9 Å². The molecule has 0 saturated carbocycles. The number of hydrogen-bond acceptors (Lipinski definition) is 6. The van der Waals surface area contributed by atoms with Gasteiger partial charge in [-0.2, -0.15) is 16.1 Å². The largest absolute Gasteiger partial charge is 0.493 e. The molecule has 0 atom stereocenters. The number of carbonyl (C=O) groups excluding carboxylic acids is 1. The van der Waals surface area contributed by atoms with Crippen molar-refractivity contribution in [1.82, 2.24) is 9.62 Å². The summed E-state index contributed by atoms with van der Waals surface area (Å²) in [6.45, 7) is 3.86. The molecule has 0 saturated heterocycles. The first-order valence-corrected chi connectivity index (χ1v) is 14.3. The SMILES string of the molecule is C#CCNS(=O)(=O)c1ccc(CCN(C)Cc2cc(F)ccc2OCCC)cc1.O=CCc1ccsc1. The molecule has 37 heavy (non-hydrogen) atoms. The van der Waals surface area contributed by atoms with E-state index in [9.17, 15) is 17.6 Å². The normalized spacial score (nSPS) is 10.9. The summed E-state index contributed by atoms with van der Waals surface area (Å²) in [6, 6.07) is 13.2. The van der Waals surface area contributed by atoms with Crippen LogP contribution in [0.25, 0.3) is 0 Å². The van der Waals surface area contributed by atoms with Crippen molar-refractivity contribution >= 4 is 27.6 Å². The zero-order valence-corrected chi connectivity index (χ0v) is 22.8. The number of halogens is 1. The second kappa shape index (κ2) is 15.9. The fourth-order valence-corrected chi connectivity index (χ4v) is 4.89. The summed E-state index contributed by atoms with van der Waals surface area (Å²) in [4.78, 5) is 12.1. The predicted octanol–water partition coefficient (Wildman–Crippen LogP) is 4.69. The number of rotatable bonds is 13. The lowest BCUT2D eigenvalue weighted by Gasteiger charge is -2.19. The Balaban J connectivity index is 0.000000510. The van der Waals surface area contributed by atoms with Crippen LogP contribution in [0.4, 0.5) is 4.39 Å². The van der Waals surface area contributed by atoms with Gasteiger partial charge in [0, 0.05) is 25.1 Å². The van der Waals surface area contributed by atoms with Crippen LogP contribution in [0.2, 0.25) is 0 Å². The average Bonchev–Trinajstić information content (AvgIpc) is 3.40. The quantitative estimate of drug-likeness (QED) is 0.250. The highest BCUT2D eigenvalue weighted by molar-refractivity contribution is 7.89. The molecule has 3 rings (SSSR count). The van der Waals surface area contributed by atoms with Crippen LogP contribution in [-0.2, 0) is 34.2 Å². The second-order valence-corrected chi connectivity index (χ2v) is 10.8. The smallest absolute Gasteiger partial charge is 0.241 e. The lowest BCUT2D eigenvalue weighted by molar-refractivity contribution is -0.107. The Morgan fingerprint density at radius 1 is 1.16 bits per heavy atom. The van der Waals surface area contributed by atoms with E-state index in [0.29, 0.717) is 25.3 Å². The summed E-state index contributed by atoms with van der Waals surface area (Å²) in [7, 11) is -1.62. The Labute approximate surface area is 223 Å². The monoisotopic (exact) mass is 544 g/mol. The molecular formula is C28H33FN2O4S2. The lowest BCUT2D eigenvalue weighted by Crippen LogP contribution is -2.24. The molecule has 1 heterocycles. The van der Waals surface area contributed by atoms with Crippen molar-refractivity contribution in [1.29, 1.82) is 0 Å². The first-order valence-electron chi connectivity index (χ1n) is 11.9. The zero-order chi connectivity index (χ0) is 27.1. The topological polar surface area (TPSA) is 75.7 Å². The third-order valence-corrected chi connectivity index (χ3v) is 7.35. The van der Waals surface area contributed by atoms with Crippen LogP contribution in [0.3, 0.4) is 0 Å². The Hall–Kier alpha value is -3.03. The number of likely N-dealkylation sites (N-methyl/N-ethyl adjacent to an activating group) is 1. The number of aldehydes is 1. The van der Waals surface area contributed by atoms with Crippen LogP contribution in [0.1, 0.15) is 30.0 Å². The van der Waals surface area contributed by atoms with Gasteiger partial charge in [-0.15, -0.1) is 6.42 Å². The first kappa shape index (κ1) is 30.2. The number of terminal acetylenes is 1. The Bertz CT molecular complexity index is 1240. The molecule has 198 valence electrons. The summed E-state index contributed by atoms with van der Waals surface area (Å²) >= 11 is 1.62. The van der Waals surface area contributed by atoms with Crippen LogP contribution in [-0.4, -0.2) is 46.3 Å². The summed E-state index contributed by atoms with van der Waals surface area (Å²) in [6.07, 6.45) is 8.19. The highest BCUT2D eigenvalue weighted by Crippen LogP contribution is 2.22. The summed E-state index contributed by atoms with van der Waals surface area (Å²) in [5, 5.41) is 3.95. The van der Waals surface area contributed by atoms with E-state index in [-0.39, 0.29) is 17.3 Å². The van der Waals surface area contributed by atoms with Crippen molar-refractivity contribution in [2.24, 2.45) is 0 Å². The fourth-order valence-electron chi connectivity index (χ4n) is 3.27. The van der Waals surface area contributed by atoms with Crippen molar-refractivity contribution in [3.05, 3.63) is 81.8 Å². The number of carbonyl (C=O) groups is 1. The predicted molar refractivity (Wildman–Crippen MR) is 147 cm³/mol. The minimum absolute atomic E-state index is 0.0427. The maximum atomic E-state index is 13.6. The Morgan fingerprint density at radius 2 is 1.92 bits per heavy atom. The minimum atomic E-state index is -3.58. The Kier molecular flexibility index (Phi) is 13.0. The molecule has 0 unspecified atom stereocenters. The molecule has 2 aromatic carbocycles. The van der Waals surface area contributed by atoms with Gasteiger partial charge in [-0.1, -0.05) is 25.0 Å². The number of nitrogens with one attached hydrogen (secondary N) is 1. The van der Waals surface area contributed by atoms with E-state index in [0.717, 1.165) is 42.4 Å². The van der Waals surface area contributed by atoms with Crippen molar-refractivity contribution in [2.75, 3.05) is 26.7 Å². The molecule has 0 bridgehead atoms. The van der Waals surface area contributed by atoms with Crippen molar-refractivity contribution < 1.29 is 22.3 Å². The molecule has 1 aromatic heterocycles. The molecule has 3 aromatic rings. The maximum Gasteiger partial charge on any atom is 0.241 e. The van der Waals surface area contributed by atoms with Gasteiger partial charge in [-0.3, -0.25) is 0 Å². The highest BCUT2D eigenvalue weighted by atomic mass is 32.2. The van der Waals surface area contributed by atoms with Crippen molar-refractivity contribution in [2.45, 2.75) is 37.6 Å². The van der Waals surface area contributed by atoms with Gasteiger partial charge < -0.3 is 14.4 Å². The van der Waals surface area contributed by atoms with Gasteiger partial charge in [-0.25, -0.2) is 12.8 Å². The maximum absolute atomic E-state index is 13.6. The van der Waals surface area contributed by atoms with Crippen LogP contribution in [0, 0.1) is 18.2 Å². The van der Waals surface area contributed by atoms with E-state index < -0.39 is 10.0 Å². The summed E-state index contributed by atoms with van der Waals surface area (Å²) < 4.78 is 45.8. The lowest BCUT2D eigenvalue weighted by atomic mass is 10.1. The molecule has 1 N–H and O–H groups in total. The van der Waals surface area contributed by atoms with E-state index in [1.54, 1.807) is 41.7 Å². The molecular weight excluding hydrogens is 511 g/mol. The average molecular weight is 545 g/mol. The van der Waals surface area contributed by atoms with Gasteiger partial charge in [0.05, 0.1) is 18.0 Å². The number of ether oxygens (including phenoxy) is 1. The number of nitrogens with zero attached hydrogens (tertiary/aromatic N) is 1. The van der Waals surface area contributed by atoms with Gasteiger partial charge >= 0.3 is 0 Å². The number of sulfonamides is 1. The molecule has 0 aliphatic carbocycles. The Morgan fingerprint density at radius 3 is 2.54 bits per heavy atom. The third-order valence-electron chi connectivity index (χ3n) is 5.20. The van der Waals surface area contributed by atoms with E-state index in [4.69, 9.17) is 11.2 Å². The van der Waals surface area contributed by atoms with Gasteiger partial charge in [0.2, 0.25) is 10.0 Å². The van der Waals surface area contributed by atoms with Crippen LogP contribution in [0.5, 0.6) is 5.75 Å². The molecule has 0 aliphatic rings. The molecule has 0 fully saturated rings. The van der Waals surface area contributed by atoms with Crippen LogP contribution < -0.4 is 9.46 Å². The van der Waals surface area contributed by atoms with Gasteiger partial charge in [-0.05, 0) is 78.2 Å². The zero-order valence-electron chi connectivity index (χ0n) is 21.2. The highest BCUT2D eigenvalue weighted by Gasteiger charge is 2.13. The standard InChI is InChI=1S/C22H27FN2O3S.C6H6OS/c1-4-13-24-29(26,27)21-9-6-18(7-10-21)12-14-25(3)17-19-16-20(23)8-11-22(19)28-15-5-2;7-3-1-6-2-4-8-5-6/h1,6-11,16,24H,5,12-15,17H2,2-3H3;2-5H,1H2. The number of hydrogen-bond donors (Lipinski definition) is 1. The second-order valence-electron chi connectivity index (χ2n) is 8.26. The molecule has 6 nitrogen and oxygen atoms in total. The summed E-state index contributed by atoms with van der Waals surface area (Å²) in [5.41, 5.74) is 2.93. The molecule has 0 radical (unpaired) electrons. The number of benzene rings is 2. The third kappa shape index (κ3) is 10.9. The van der Waals surface area contributed by atoms with Gasteiger partial charge in [0.25, 0.3) is 0 Å². The first-order chi connectivity index (χ1) is 17.8. The molecule has 9 heteroatoms. The van der Waals surface area contributed by atoms with E-state index >= 15 is 0 Å². The van der Waals surface area contributed by atoms with Crippen LogP contribution in [0.15, 0.2) is 64.2 Å². The summed E-state index contributed by atoms with van der Waals surface area (Å²) in [5.74, 6) is 2.67. The van der Waals surface area contributed by atoms with E-state index in [1.807, 2.05) is 30.8 Å². The van der Waals surface area contributed by atoms with Crippen molar-refractivity contribution in [3.8, 4) is 18.1 Å². The molecule has 0 aliphatic heterocycles. The molecule has 0 spiro atoms. The fraction of sp³-hybridized carbons (Fsp3) is 0.321.